The van der Waals surface area contributed by atoms with E-state index in [4.69, 9.17) is 5.73 Å². The molecule has 1 heterocycles. The van der Waals surface area contributed by atoms with Gasteiger partial charge in [0.1, 0.15) is 5.54 Å². The molecule has 1 amide bonds. The van der Waals surface area contributed by atoms with Crippen LogP contribution in [0.15, 0.2) is 18.3 Å². The van der Waals surface area contributed by atoms with Crippen molar-refractivity contribution < 1.29 is 14.7 Å². The van der Waals surface area contributed by atoms with Crippen molar-refractivity contribution >= 4 is 17.6 Å². The molecule has 0 radical (unpaired) electrons. The van der Waals surface area contributed by atoms with Gasteiger partial charge in [-0.1, -0.05) is 25.7 Å². The van der Waals surface area contributed by atoms with Crippen molar-refractivity contribution in [2.24, 2.45) is 0 Å². The third-order valence-corrected chi connectivity index (χ3v) is 3.93. The molecule has 6 heteroatoms. The highest BCUT2D eigenvalue weighted by Crippen LogP contribution is 2.27. The summed E-state index contributed by atoms with van der Waals surface area (Å²) in [7, 11) is 0. The number of nitrogen functional groups attached to an aromatic ring is 1. The molecule has 0 spiro atoms. The maximum absolute atomic E-state index is 12.1. The number of aromatic nitrogens is 1. The normalized spacial score (nSPS) is 17.7. The van der Waals surface area contributed by atoms with E-state index in [2.05, 4.69) is 10.3 Å². The molecule has 1 saturated carbocycles. The third kappa shape index (κ3) is 3.93. The summed E-state index contributed by atoms with van der Waals surface area (Å²) < 4.78 is 0. The van der Waals surface area contributed by atoms with Crippen molar-refractivity contribution in [3.05, 3.63) is 24.0 Å². The van der Waals surface area contributed by atoms with E-state index in [1.165, 1.54) is 6.20 Å². The molecule has 1 aromatic heterocycles. The fraction of sp³-hybridized carbons (Fsp3) is 0.533. The molecule has 0 aliphatic heterocycles. The molecule has 0 bridgehead atoms. The van der Waals surface area contributed by atoms with Gasteiger partial charge in [0.05, 0.1) is 18.3 Å². The van der Waals surface area contributed by atoms with Crippen molar-refractivity contribution in [1.82, 2.24) is 10.3 Å². The maximum Gasteiger partial charge on any atom is 0.329 e. The SMILES string of the molecule is Nc1ccc(CC(=O)NC2(C(=O)O)CCCCCC2)nc1. The number of rotatable bonds is 4. The van der Waals surface area contributed by atoms with Gasteiger partial charge in [-0.15, -0.1) is 0 Å². The number of nitrogens with zero attached hydrogens (tertiary/aromatic N) is 1. The van der Waals surface area contributed by atoms with Gasteiger partial charge in [-0.25, -0.2) is 4.79 Å². The van der Waals surface area contributed by atoms with Crippen LogP contribution in [0.4, 0.5) is 5.69 Å². The van der Waals surface area contributed by atoms with Gasteiger partial charge in [0.2, 0.25) is 5.91 Å². The first-order chi connectivity index (χ1) is 10.0. The Kier molecular flexibility index (Phi) is 4.77. The minimum Gasteiger partial charge on any atom is -0.480 e. The molecular weight excluding hydrogens is 270 g/mol. The van der Waals surface area contributed by atoms with Crippen molar-refractivity contribution in [2.75, 3.05) is 5.73 Å². The molecule has 1 aromatic rings. The molecular formula is C15H21N3O3. The van der Waals surface area contributed by atoms with Gasteiger partial charge in [-0.3, -0.25) is 9.78 Å². The maximum atomic E-state index is 12.1. The molecule has 1 aliphatic carbocycles. The molecule has 2 rings (SSSR count). The standard InChI is InChI=1S/C15H21N3O3/c16-11-5-6-12(17-10-11)9-13(19)18-15(14(20)21)7-3-1-2-4-8-15/h5-6,10H,1-4,7-9,16H2,(H,18,19)(H,20,21). The summed E-state index contributed by atoms with van der Waals surface area (Å²) in [6.07, 6.45) is 6.22. The Hall–Kier alpha value is -2.11. The van der Waals surface area contributed by atoms with E-state index in [0.717, 1.165) is 25.7 Å². The van der Waals surface area contributed by atoms with Gasteiger partial charge >= 0.3 is 5.97 Å². The Morgan fingerprint density at radius 2 is 1.90 bits per heavy atom. The van der Waals surface area contributed by atoms with Crippen molar-refractivity contribution in [3.8, 4) is 0 Å². The molecule has 0 aromatic carbocycles. The summed E-state index contributed by atoms with van der Waals surface area (Å²) >= 11 is 0. The van der Waals surface area contributed by atoms with Crippen LogP contribution < -0.4 is 11.1 Å². The van der Waals surface area contributed by atoms with Gasteiger partial charge in [-0.05, 0) is 25.0 Å². The number of carboxylic acid groups (broad SMARTS) is 1. The largest absolute Gasteiger partial charge is 0.480 e. The number of amides is 1. The topological polar surface area (TPSA) is 105 Å². The molecule has 1 aliphatic rings. The monoisotopic (exact) mass is 291 g/mol. The number of hydrogen-bond donors (Lipinski definition) is 3. The number of pyridine rings is 1. The summed E-state index contributed by atoms with van der Waals surface area (Å²) in [4.78, 5) is 27.8. The second-order valence-corrected chi connectivity index (χ2v) is 5.61. The minimum atomic E-state index is -1.12. The lowest BCUT2D eigenvalue weighted by Crippen LogP contribution is -2.54. The number of carbonyl (C=O) groups is 2. The molecule has 0 atom stereocenters. The van der Waals surface area contributed by atoms with Gasteiger partial charge in [-0.2, -0.15) is 0 Å². The first kappa shape index (κ1) is 15.3. The van der Waals surface area contributed by atoms with E-state index in [0.29, 0.717) is 24.2 Å². The Morgan fingerprint density at radius 3 is 2.43 bits per heavy atom. The molecule has 6 nitrogen and oxygen atoms in total. The summed E-state index contributed by atoms with van der Waals surface area (Å²) in [5.74, 6) is -1.25. The zero-order chi connectivity index (χ0) is 15.3. The number of aliphatic carboxylic acids is 1. The zero-order valence-electron chi connectivity index (χ0n) is 12.0. The van der Waals surface area contributed by atoms with Crippen LogP contribution in [0.25, 0.3) is 0 Å². The number of carboxylic acids is 1. The molecule has 114 valence electrons. The van der Waals surface area contributed by atoms with E-state index >= 15 is 0 Å². The van der Waals surface area contributed by atoms with Gasteiger partial charge in [0.25, 0.3) is 0 Å². The number of hydrogen-bond acceptors (Lipinski definition) is 4. The fourth-order valence-electron chi connectivity index (χ4n) is 2.74. The summed E-state index contributed by atoms with van der Waals surface area (Å²) in [6.45, 7) is 0. The Balaban J connectivity index is 2.04. The Morgan fingerprint density at radius 1 is 1.24 bits per heavy atom. The first-order valence-electron chi connectivity index (χ1n) is 7.27. The highest BCUT2D eigenvalue weighted by atomic mass is 16.4. The van der Waals surface area contributed by atoms with E-state index in [9.17, 15) is 14.7 Å². The van der Waals surface area contributed by atoms with Crippen molar-refractivity contribution in [1.29, 1.82) is 0 Å². The lowest BCUT2D eigenvalue weighted by molar-refractivity contribution is -0.148. The Labute approximate surface area is 123 Å². The van der Waals surface area contributed by atoms with Crippen LogP contribution in [0.3, 0.4) is 0 Å². The third-order valence-electron chi connectivity index (χ3n) is 3.93. The average Bonchev–Trinajstić information content (AvgIpc) is 2.68. The molecule has 21 heavy (non-hydrogen) atoms. The smallest absolute Gasteiger partial charge is 0.329 e. The lowest BCUT2D eigenvalue weighted by atomic mass is 9.90. The quantitative estimate of drug-likeness (QED) is 0.729. The molecule has 1 fully saturated rings. The zero-order valence-corrected chi connectivity index (χ0v) is 12.0. The predicted octanol–water partition coefficient (Wildman–Crippen LogP) is 1.50. The number of carbonyl (C=O) groups excluding carboxylic acids is 1. The molecule has 0 unspecified atom stereocenters. The van der Waals surface area contributed by atoms with Gasteiger partial charge < -0.3 is 16.2 Å². The highest BCUT2D eigenvalue weighted by Gasteiger charge is 2.39. The highest BCUT2D eigenvalue weighted by molar-refractivity contribution is 5.87. The summed E-state index contributed by atoms with van der Waals surface area (Å²) in [5.41, 5.74) is 5.53. The van der Waals surface area contributed by atoms with Gasteiger partial charge in [0.15, 0.2) is 0 Å². The minimum absolute atomic E-state index is 0.0648. The lowest BCUT2D eigenvalue weighted by Gasteiger charge is -2.29. The predicted molar refractivity (Wildman–Crippen MR) is 78.6 cm³/mol. The second kappa shape index (κ2) is 6.56. The van der Waals surface area contributed by atoms with Crippen LogP contribution >= 0.6 is 0 Å². The summed E-state index contributed by atoms with van der Waals surface area (Å²) in [5, 5.41) is 12.2. The van der Waals surface area contributed by atoms with Crippen LogP contribution in [0.1, 0.15) is 44.2 Å². The molecule has 4 N–H and O–H groups in total. The van der Waals surface area contributed by atoms with Crippen LogP contribution in [0.2, 0.25) is 0 Å². The second-order valence-electron chi connectivity index (χ2n) is 5.61. The Bertz CT molecular complexity index is 505. The van der Waals surface area contributed by atoms with E-state index in [-0.39, 0.29) is 12.3 Å². The summed E-state index contributed by atoms with van der Waals surface area (Å²) in [6, 6.07) is 3.35. The molecule has 0 saturated heterocycles. The average molecular weight is 291 g/mol. The van der Waals surface area contributed by atoms with Crippen molar-refractivity contribution in [2.45, 2.75) is 50.5 Å². The number of anilines is 1. The first-order valence-corrected chi connectivity index (χ1v) is 7.27. The fourth-order valence-corrected chi connectivity index (χ4v) is 2.74. The van der Waals surface area contributed by atoms with Crippen molar-refractivity contribution in [3.63, 3.8) is 0 Å². The van der Waals surface area contributed by atoms with E-state index in [1.54, 1.807) is 12.1 Å². The van der Waals surface area contributed by atoms with Crippen LogP contribution in [-0.2, 0) is 16.0 Å². The number of nitrogens with one attached hydrogen (secondary N) is 1. The van der Waals surface area contributed by atoms with E-state index in [1.807, 2.05) is 0 Å². The van der Waals surface area contributed by atoms with Crippen LogP contribution in [-0.4, -0.2) is 27.5 Å². The van der Waals surface area contributed by atoms with Gasteiger partial charge in [0, 0.05) is 5.69 Å². The number of nitrogens with two attached hydrogens (primary N) is 1. The van der Waals surface area contributed by atoms with Crippen LogP contribution in [0.5, 0.6) is 0 Å². The van der Waals surface area contributed by atoms with E-state index < -0.39 is 11.5 Å². The van der Waals surface area contributed by atoms with Crippen LogP contribution in [0, 0.1) is 0 Å².